The Morgan fingerprint density at radius 2 is 1.79 bits per heavy atom. The lowest BCUT2D eigenvalue weighted by Crippen LogP contribution is -2.17. The molecule has 0 radical (unpaired) electrons. The number of nitrogens with zero attached hydrogens (tertiary/aromatic N) is 1. The summed E-state index contributed by atoms with van der Waals surface area (Å²) in [4.78, 5) is 12.1. The highest BCUT2D eigenvalue weighted by Gasteiger charge is 2.08. The molecule has 3 aromatic carbocycles. The molecule has 0 aliphatic carbocycles. The van der Waals surface area contributed by atoms with Gasteiger partial charge in [-0.2, -0.15) is 5.10 Å². The normalized spacial score (nSPS) is 10.8. The lowest BCUT2D eigenvalue weighted by Gasteiger charge is -2.09. The first kappa shape index (κ1) is 19.3. The van der Waals surface area contributed by atoms with E-state index in [1.165, 1.54) is 18.3 Å². The SMILES string of the molecule is O=C(N/N=C/c1ccccc1OCc1cccc(Cl)c1)c1cc(O)cc(O)c1. The van der Waals surface area contributed by atoms with E-state index in [9.17, 15) is 15.0 Å². The van der Waals surface area contributed by atoms with Crippen LogP contribution in [0.2, 0.25) is 5.02 Å². The van der Waals surface area contributed by atoms with Crippen LogP contribution in [0.3, 0.4) is 0 Å². The van der Waals surface area contributed by atoms with Gasteiger partial charge in [-0.3, -0.25) is 4.79 Å². The van der Waals surface area contributed by atoms with Crippen LogP contribution in [0.1, 0.15) is 21.5 Å². The van der Waals surface area contributed by atoms with Gasteiger partial charge in [-0.15, -0.1) is 0 Å². The maximum atomic E-state index is 12.1. The van der Waals surface area contributed by atoms with E-state index < -0.39 is 5.91 Å². The average Bonchev–Trinajstić information content (AvgIpc) is 2.66. The summed E-state index contributed by atoms with van der Waals surface area (Å²) < 4.78 is 5.82. The van der Waals surface area contributed by atoms with Gasteiger partial charge in [0, 0.05) is 22.2 Å². The molecule has 0 aliphatic heterocycles. The third kappa shape index (κ3) is 5.25. The summed E-state index contributed by atoms with van der Waals surface area (Å²) in [5.41, 5.74) is 4.03. The minimum Gasteiger partial charge on any atom is -0.508 e. The number of para-hydroxylation sites is 1. The van der Waals surface area contributed by atoms with Crippen molar-refractivity contribution in [3.63, 3.8) is 0 Å². The molecule has 3 rings (SSSR count). The molecular formula is C21H17ClN2O4. The number of amides is 1. The second-order valence-corrected chi connectivity index (χ2v) is 6.33. The number of ether oxygens (including phenoxy) is 1. The molecule has 0 saturated carbocycles. The number of carbonyl (C=O) groups excluding carboxylic acids is 1. The molecule has 0 atom stereocenters. The molecule has 0 bridgehead atoms. The molecule has 0 aliphatic rings. The third-order valence-corrected chi connectivity index (χ3v) is 3.97. The van der Waals surface area contributed by atoms with Crippen molar-refractivity contribution < 1.29 is 19.7 Å². The first-order chi connectivity index (χ1) is 13.5. The van der Waals surface area contributed by atoms with Gasteiger partial charge in [0.2, 0.25) is 0 Å². The van der Waals surface area contributed by atoms with Gasteiger partial charge in [-0.25, -0.2) is 5.43 Å². The number of benzene rings is 3. The first-order valence-electron chi connectivity index (χ1n) is 8.34. The third-order valence-electron chi connectivity index (χ3n) is 3.74. The second kappa shape index (κ2) is 8.92. The van der Waals surface area contributed by atoms with Gasteiger partial charge in [0.25, 0.3) is 5.91 Å². The molecule has 0 heterocycles. The Balaban J connectivity index is 1.66. The Hall–Kier alpha value is -3.51. The molecule has 0 aromatic heterocycles. The van der Waals surface area contributed by atoms with E-state index in [0.29, 0.717) is 22.9 Å². The molecule has 1 amide bonds. The van der Waals surface area contributed by atoms with Crippen LogP contribution in [0, 0.1) is 0 Å². The molecule has 3 aromatic rings. The highest BCUT2D eigenvalue weighted by Crippen LogP contribution is 2.21. The Bertz CT molecular complexity index is 1000. The van der Waals surface area contributed by atoms with Crippen molar-refractivity contribution >= 4 is 23.7 Å². The maximum Gasteiger partial charge on any atom is 0.271 e. The number of phenolic OH excluding ortho intramolecular Hbond substituents is 2. The standard InChI is InChI=1S/C21H17ClN2O4/c22-17-6-3-4-14(8-17)13-28-20-7-2-1-5-15(20)12-23-24-21(27)16-9-18(25)11-19(26)10-16/h1-12,25-26H,13H2,(H,24,27)/b23-12+. The number of rotatable bonds is 6. The van der Waals surface area contributed by atoms with Crippen molar-refractivity contribution in [1.82, 2.24) is 5.43 Å². The lowest BCUT2D eigenvalue weighted by molar-refractivity contribution is 0.0954. The van der Waals surface area contributed by atoms with E-state index in [2.05, 4.69) is 10.5 Å². The molecule has 142 valence electrons. The van der Waals surface area contributed by atoms with Gasteiger partial charge in [-0.05, 0) is 42.0 Å². The van der Waals surface area contributed by atoms with Crippen LogP contribution in [0.15, 0.2) is 71.8 Å². The highest BCUT2D eigenvalue weighted by molar-refractivity contribution is 6.30. The van der Waals surface area contributed by atoms with E-state index in [4.69, 9.17) is 16.3 Å². The Morgan fingerprint density at radius 1 is 1.04 bits per heavy atom. The van der Waals surface area contributed by atoms with E-state index in [-0.39, 0.29) is 17.1 Å². The van der Waals surface area contributed by atoms with Gasteiger partial charge in [0.1, 0.15) is 23.9 Å². The van der Waals surface area contributed by atoms with Crippen LogP contribution >= 0.6 is 11.6 Å². The van der Waals surface area contributed by atoms with Crippen LogP contribution in [-0.4, -0.2) is 22.3 Å². The van der Waals surface area contributed by atoms with E-state index in [0.717, 1.165) is 11.6 Å². The Kier molecular flexibility index (Phi) is 6.14. The quantitative estimate of drug-likeness (QED) is 0.432. The number of phenols is 2. The summed E-state index contributed by atoms with van der Waals surface area (Å²) in [5.74, 6) is -0.405. The minimum absolute atomic E-state index is 0.0835. The van der Waals surface area contributed by atoms with E-state index >= 15 is 0 Å². The second-order valence-electron chi connectivity index (χ2n) is 5.89. The van der Waals surface area contributed by atoms with Gasteiger partial charge in [-0.1, -0.05) is 35.9 Å². The van der Waals surface area contributed by atoms with Gasteiger partial charge in [0.15, 0.2) is 0 Å². The molecular weight excluding hydrogens is 380 g/mol. The van der Waals surface area contributed by atoms with Gasteiger partial charge < -0.3 is 14.9 Å². The number of carbonyl (C=O) groups is 1. The molecule has 7 heteroatoms. The summed E-state index contributed by atoms with van der Waals surface area (Å²) in [6.45, 7) is 0.334. The van der Waals surface area contributed by atoms with Crippen molar-refractivity contribution in [3.05, 3.63) is 88.4 Å². The van der Waals surface area contributed by atoms with Crippen LogP contribution in [0.4, 0.5) is 0 Å². The van der Waals surface area contributed by atoms with Crippen molar-refractivity contribution in [1.29, 1.82) is 0 Å². The van der Waals surface area contributed by atoms with Crippen LogP contribution < -0.4 is 10.2 Å². The topological polar surface area (TPSA) is 91.2 Å². The number of nitrogens with one attached hydrogen (secondary N) is 1. The van der Waals surface area contributed by atoms with E-state index in [1.807, 2.05) is 30.3 Å². The Labute approximate surface area is 166 Å². The van der Waals surface area contributed by atoms with Crippen molar-refractivity contribution in [2.24, 2.45) is 5.10 Å². The summed E-state index contributed by atoms with van der Waals surface area (Å²) >= 11 is 5.98. The number of hydrazone groups is 1. The van der Waals surface area contributed by atoms with E-state index in [1.54, 1.807) is 18.2 Å². The summed E-state index contributed by atoms with van der Waals surface area (Å²) in [7, 11) is 0. The number of hydrogen-bond donors (Lipinski definition) is 3. The molecule has 3 N–H and O–H groups in total. The molecule has 0 fully saturated rings. The predicted octanol–water partition coefficient (Wildman–Crippen LogP) is 4.09. The van der Waals surface area contributed by atoms with Crippen molar-refractivity contribution in [2.45, 2.75) is 6.61 Å². The highest BCUT2D eigenvalue weighted by atomic mass is 35.5. The largest absolute Gasteiger partial charge is 0.508 e. The zero-order valence-electron chi connectivity index (χ0n) is 14.7. The monoisotopic (exact) mass is 396 g/mol. The number of hydrogen-bond acceptors (Lipinski definition) is 5. The van der Waals surface area contributed by atoms with Crippen LogP contribution in [0.5, 0.6) is 17.2 Å². The summed E-state index contributed by atoms with van der Waals surface area (Å²) in [5, 5.41) is 23.5. The van der Waals surface area contributed by atoms with Crippen LogP contribution in [0.25, 0.3) is 0 Å². The molecule has 0 unspecified atom stereocenters. The summed E-state index contributed by atoms with van der Waals surface area (Å²) in [6, 6.07) is 18.2. The smallest absolute Gasteiger partial charge is 0.271 e. The zero-order chi connectivity index (χ0) is 19.9. The minimum atomic E-state index is -0.570. The maximum absolute atomic E-state index is 12.1. The van der Waals surface area contributed by atoms with Crippen LogP contribution in [-0.2, 0) is 6.61 Å². The molecule has 0 saturated heterocycles. The van der Waals surface area contributed by atoms with Gasteiger partial charge >= 0.3 is 0 Å². The zero-order valence-corrected chi connectivity index (χ0v) is 15.4. The fourth-order valence-corrected chi connectivity index (χ4v) is 2.67. The number of aromatic hydroxyl groups is 2. The lowest BCUT2D eigenvalue weighted by atomic mass is 10.2. The van der Waals surface area contributed by atoms with Crippen molar-refractivity contribution in [2.75, 3.05) is 0 Å². The van der Waals surface area contributed by atoms with Crippen molar-refractivity contribution in [3.8, 4) is 17.2 Å². The predicted molar refractivity (Wildman–Crippen MR) is 107 cm³/mol. The number of halogens is 1. The first-order valence-corrected chi connectivity index (χ1v) is 8.72. The molecule has 0 spiro atoms. The molecule has 6 nitrogen and oxygen atoms in total. The van der Waals surface area contributed by atoms with Gasteiger partial charge in [0.05, 0.1) is 6.21 Å². The fraction of sp³-hybridized carbons (Fsp3) is 0.0476. The molecule has 28 heavy (non-hydrogen) atoms. The average molecular weight is 397 g/mol. The fourth-order valence-electron chi connectivity index (χ4n) is 2.46. The summed E-state index contributed by atoms with van der Waals surface area (Å²) in [6.07, 6.45) is 1.45. The Morgan fingerprint density at radius 3 is 2.54 bits per heavy atom.